The van der Waals surface area contributed by atoms with Crippen LogP contribution in [0.2, 0.25) is 0 Å². The van der Waals surface area contributed by atoms with Crippen LogP contribution in [0.3, 0.4) is 0 Å². The summed E-state index contributed by atoms with van der Waals surface area (Å²) in [6, 6.07) is 11.1. The van der Waals surface area contributed by atoms with Gasteiger partial charge in [0.25, 0.3) is 12.2 Å². The van der Waals surface area contributed by atoms with Gasteiger partial charge in [0, 0.05) is 29.8 Å². The van der Waals surface area contributed by atoms with Gasteiger partial charge in [0.15, 0.2) is 13.7 Å². The molecule has 6 nitrogen and oxygen atoms in total. The van der Waals surface area contributed by atoms with Crippen molar-refractivity contribution in [1.29, 1.82) is 0 Å². The van der Waals surface area contributed by atoms with Crippen LogP contribution in [-0.2, 0) is 25.0 Å². The fourth-order valence-corrected chi connectivity index (χ4v) is 4.76. The second kappa shape index (κ2) is 11.6. The molecule has 0 amide bonds. The van der Waals surface area contributed by atoms with E-state index in [1.807, 2.05) is 35.7 Å². The van der Waals surface area contributed by atoms with Gasteiger partial charge in [-0.1, -0.05) is 42.5 Å². The Morgan fingerprint density at radius 1 is 1.32 bits per heavy atom. The smallest absolute Gasteiger partial charge is 0.290 e. The number of thioether (sulfide) groups is 1. The van der Waals surface area contributed by atoms with Crippen LogP contribution in [0.5, 0.6) is 5.75 Å². The second-order valence-electron chi connectivity index (χ2n) is 7.43. The van der Waals surface area contributed by atoms with Crippen molar-refractivity contribution in [1.82, 2.24) is 4.90 Å². The van der Waals surface area contributed by atoms with E-state index >= 15 is 0 Å². The summed E-state index contributed by atoms with van der Waals surface area (Å²) < 4.78 is 13.7. The number of benzene rings is 1. The molecule has 1 atom stereocenters. The number of allylic oxidation sites excluding steroid dienone is 6. The molecule has 2 heterocycles. The van der Waals surface area contributed by atoms with Crippen molar-refractivity contribution in [2.75, 3.05) is 11.6 Å². The molecule has 31 heavy (non-hydrogen) atoms. The third-order valence-electron chi connectivity index (χ3n) is 5.12. The number of hydrogen-bond acceptors (Lipinski definition) is 5. The number of aromatic nitrogens is 1. The summed E-state index contributed by atoms with van der Waals surface area (Å²) in [5, 5.41) is 6.89. The highest BCUT2D eigenvalue weighted by atomic mass is 32.2. The van der Waals surface area contributed by atoms with Crippen LogP contribution in [0.1, 0.15) is 30.4 Å². The van der Waals surface area contributed by atoms with Gasteiger partial charge in [-0.2, -0.15) is 0 Å². The summed E-state index contributed by atoms with van der Waals surface area (Å²) in [5.74, 6) is 4.04. The van der Waals surface area contributed by atoms with E-state index in [0.717, 1.165) is 36.0 Å². The minimum absolute atomic E-state index is 0.250. The maximum Gasteiger partial charge on any atom is 0.290 e. The lowest BCUT2D eigenvalue weighted by Gasteiger charge is -2.20. The first-order chi connectivity index (χ1) is 15.1. The molecular weight excluding hydrogens is 412 g/mol. The molecule has 0 bridgehead atoms. The SMILES string of the molecule is C[C@@H]1CSCN1Cc1cccc(OCc2cc(C3=CC=CC=CC3)[n+](C)o2)c1.O=CO. The van der Waals surface area contributed by atoms with Crippen LogP contribution in [0.15, 0.2) is 65.2 Å². The van der Waals surface area contributed by atoms with Crippen LogP contribution in [0.25, 0.3) is 5.57 Å². The predicted molar refractivity (Wildman–Crippen MR) is 123 cm³/mol. The molecule has 1 aliphatic carbocycles. The lowest BCUT2D eigenvalue weighted by atomic mass is 10.1. The Labute approximate surface area is 187 Å². The average molecular weight is 442 g/mol. The fraction of sp³-hybridized carbons (Fsp3) is 0.333. The van der Waals surface area contributed by atoms with Gasteiger partial charge < -0.3 is 9.84 Å². The topological polar surface area (TPSA) is 66.8 Å². The highest BCUT2D eigenvalue weighted by molar-refractivity contribution is 7.99. The molecule has 1 fully saturated rings. The van der Waals surface area contributed by atoms with Gasteiger partial charge in [-0.25, -0.2) is 4.52 Å². The molecule has 1 saturated heterocycles. The Bertz CT molecular complexity index is 964. The van der Waals surface area contributed by atoms with Crippen molar-refractivity contribution >= 4 is 23.8 Å². The van der Waals surface area contributed by atoms with Crippen molar-refractivity contribution in [2.45, 2.75) is 32.5 Å². The first-order valence-corrected chi connectivity index (χ1v) is 11.4. The molecule has 1 aromatic carbocycles. The Morgan fingerprint density at radius 2 is 2.16 bits per heavy atom. The van der Waals surface area contributed by atoms with Crippen molar-refractivity contribution in [3.63, 3.8) is 0 Å². The zero-order chi connectivity index (χ0) is 22.1. The number of nitrogens with zero attached hydrogens (tertiary/aromatic N) is 2. The summed E-state index contributed by atoms with van der Waals surface area (Å²) >= 11 is 2.00. The molecule has 0 unspecified atom stereocenters. The molecular formula is C24H29N2O4S+. The first-order valence-electron chi connectivity index (χ1n) is 10.2. The number of aryl methyl sites for hydroxylation is 1. The quantitative estimate of drug-likeness (QED) is 0.536. The third-order valence-corrected chi connectivity index (χ3v) is 6.35. The molecule has 0 radical (unpaired) electrons. The number of ether oxygens (including phenoxy) is 1. The summed E-state index contributed by atoms with van der Waals surface area (Å²) in [6.45, 7) is 3.44. The second-order valence-corrected chi connectivity index (χ2v) is 8.43. The van der Waals surface area contributed by atoms with Crippen LogP contribution >= 0.6 is 11.8 Å². The highest BCUT2D eigenvalue weighted by Gasteiger charge is 2.21. The van der Waals surface area contributed by atoms with Crippen molar-refractivity contribution in [3.05, 3.63) is 77.7 Å². The molecule has 0 saturated carbocycles. The van der Waals surface area contributed by atoms with E-state index < -0.39 is 0 Å². The Balaban J connectivity index is 0.000000858. The zero-order valence-corrected chi connectivity index (χ0v) is 18.8. The zero-order valence-electron chi connectivity index (χ0n) is 17.9. The van der Waals surface area contributed by atoms with Crippen molar-refractivity contribution in [3.8, 4) is 5.75 Å². The molecule has 1 N–H and O–H groups in total. The maximum atomic E-state index is 8.36. The van der Waals surface area contributed by atoms with Gasteiger partial charge >= 0.3 is 0 Å². The van der Waals surface area contributed by atoms with E-state index in [1.54, 1.807) is 0 Å². The van der Waals surface area contributed by atoms with Crippen molar-refractivity contribution < 1.29 is 23.9 Å². The highest BCUT2D eigenvalue weighted by Crippen LogP contribution is 2.24. The van der Waals surface area contributed by atoms with Gasteiger partial charge in [-0.05, 0) is 35.8 Å². The monoisotopic (exact) mass is 441 g/mol. The third kappa shape index (κ3) is 6.60. The summed E-state index contributed by atoms with van der Waals surface area (Å²) in [4.78, 5) is 10.9. The lowest BCUT2D eigenvalue weighted by Crippen LogP contribution is -2.29. The lowest BCUT2D eigenvalue weighted by molar-refractivity contribution is -0.847. The van der Waals surface area contributed by atoms with Crippen molar-refractivity contribution in [2.24, 2.45) is 7.05 Å². The molecule has 7 heteroatoms. The normalized spacial score (nSPS) is 18.1. The van der Waals surface area contributed by atoms with E-state index in [0.29, 0.717) is 12.6 Å². The van der Waals surface area contributed by atoms with Gasteiger partial charge in [0.2, 0.25) is 5.76 Å². The molecule has 164 valence electrons. The number of rotatable bonds is 6. The van der Waals surface area contributed by atoms with E-state index in [1.165, 1.54) is 16.9 Å². The Kier molecular flexibility index (Phi) is 8.55. The molecule has 4 rings (SSSR count). The summed E-state index contributed by atoms with van der Waals surface area (Å²) in [5.41, 5.74) is 3.62. The number of hydrogen-bond donors (Lipinski definition) is 1. The summed E-state index contributed by atoms with van der Waals surface area (Å²) in [7, 11) is 1.94. The standard InChI is InChI=1S/C23H27N2O2S.CH2O2/c1-18-16-28-17-25(18)14-19-8-7-11-21(12-19)26-15-22-13-23(24(2)27-22)20-9-5-3-4-6-10-20;2-1-3/h3-9,11-13,18H,10,14-17H2,1-2H3;1H,(H,2,3)/q+1;/t18-;/m1./s1. The van der Waals surface area contributed by atoms with E-state index in [-0.39, 0.29) is 6.47 Å². The van der Waals surface area contributed by atoms with Crippen LogP contribution < -0.4 is 9.48 Å². The van der Waals surface area contributed by atoms with Gasteiger partial charge in [0.05, 0.1) is 6.07 Å². The largest absolute Gasteiger partial charge is 0.485 e. The predicted octanol–water partition coefficient (Wildman–Crippen LogP) is 4.18. The number of carboxylic acid groups (broad SMARTS) is 1. The summed E-state index contributed by atoms with van der Waals surface area (Å²) in [6.07, 6.45) is 11.4. The molecule has 1 aliphatic heterocycles. The Morgan fingerprint density at radius 3 is 2.94 bits per heavy atom. The van der Waals surface area contributed by atoms with Crippen LogP contribution in [0, 0.1) is 0 Å². The van der Waals surface area contributed by atoms with E-state index in [2.05, 4.69) is 60.4 Å². The van der Waals surface area contributed by atoms with E-state index in [9.17, 15) is 0 Å². The van der Waals surface area contributed by atoms with Crippen LogP contribution in [-0.4, -0.2) is 34.2 Å². The molecule has 1 aromatic heterocycles. The van der Waals surface area contributed by atoms with Gasteiger partial charge in [-0.3, -0.25) is 9.69 Å². The Hall–Kier alpha value is -2.77. The first kappa shape index (κ1) is 22.9. The minimum Gasteiger partial charge on any atom is -0.485 e. The fourth-order valence-electron chi connectivity index (χ4n) is 3.52. The molecule has 2 aliphatic rings. The van der Waals surface area contributed by atoms with E-state index in [4.69, 9.17) is 19.2 Å². The average Bonchev–Trinajstić information content (AvgIpc) is 3.21. The van der Waals surface area contributed by atoms with Crippen LogP contribution in [0.4, 0.5) is 0 Å². The maximum absolute atomic E-state index is 8.36. The minimum atomic E-state index is -0.250. The van der Waals surface area contributed by atoms with Gasteiger partial charge in [0.1, 0.15) is 5.75 Å². The van der Waals surface area contributed by atoms with Gasteiger partial charge in [-0.15, -0.1) is 11.8 Å². The number of carbonyl (C=O) groups is 1. The molecule has 0 spiro atoms. The molecule has 2 aromatic rings.